The van der Waals surface area contributed by atoms with E-state index in [1.165, 1.54) is 0 Å². The first kappa shape index (κ1) is 6.19. The molecular formula is C6H7ClN2O. The van der Waals surface area contributed by atoms with Crippen molar-refractivity contribution in [2.75, 3.05) is 13.2 Å². The number of halogens is 1. The molecule has 1 aromatic heterocycles. The molecule has 1 aromatic rings. The molecule has 0 aliphatic carbocycles. The second-order valence-corrected chi connectivity index (χ2v) is 2.63. The third kappa shape index (κ3) is 0.822. The van der Waals surface area contributed by atoms with E-state index in [4.69, 9.17) is 16.3 Å². The van der Waals surface area contributed by atoms with Gasteiger partial charge in [-0.25, -0.2) is 4.98 Å². The van der Waals surface area contributed by atoms with Gasteiger partial charge in [-0.2, -0.15) is 0 Å². The zero-order chi connectivity index (χ0) is 6.97. The van der Waals surface area contributed by atoms with E-state index >= 15 is 0 Å². The number of aromatic nitrogens is 2. The minimum atomic E-state index is 0.412. The molecule has 0 spiro atoms. The van der Waals surface area contributed by atoms with Gasteiger partial charge in [0.1, 0.15) is 0 Å². The maximum Gasteiger partial charge on any atom is 0.203 e. The molecule has 0 unspecified atom stereocenters. The zero-order valence-corrected chi connectivity index (χ0v) is 6.08. The summed E-state index contributed by atoms with van der Waals surface area (Å²) in [6.45, 7) is 1.52. The Morgan fingerprint density at radius 2 is 2.50 bits per heavy atom. The quantitative estimate of drug-likeness (QED) is 0.612. The fourth-order valence-electron chi connectivity index (χ4n) is 0.951. The third-order valence-corrected chi connectivity index (χ3v) is 1.93. The molecule has 0 aromatic carbocycles. The molecule has 4 heteroatoms. The summed E-state index contributed by atoms with van der Waals surface area (Å²) in [4.78, 5) is 3.89. The van der Waals surface area contributed by atoms with Crippen molar-refractivity contribution >= 4 is 11.6 Å². The van der Waals surface area contributed by atoms with E-state index in [9.17, 15) is 0 Å². The van der Waals surface area contributed by atoms with Gasteiger partial charge in [-0.1, -0.05) is 0 Å². The minimum absolute atomic E-state index is 0.412. The number of hydrogen-bond donors (Lipinski definition) is 0. The van der Waals surface area contributed by atoms with Crippen LogP contribution in [0.3, 0.4) is 0 Å². The SMILES string of the molecule is Clc1nccn1C1COC1. The van der Waals surface area contributed by atoms with Gasteiger partial charge >= 0.3 is 0 Å². The van der Waals surface area contributed by atoms with Crippen molar-refractivity contribution in [3.8, 4) is 0 Å². The highest BCUT2D eigenvalue weighted by Gasteiger charge is 2.21. The third-order valence-electron chi connectivity index (χ3n) is 1.64. The van der Waals surface area contributed by atoms with Crippen molar-refractivity contribution in [3.63, 3.8) is 0 Å². The van der Waals surface area contributed by atoms with Crippen LogP contribution in [0.5, 0.6) is 0 Å². The summed E-state index contributed by atoms with van der Waals surface area (Å²) in [7, 11) is 0. The van der Waals surface area contributed by atoms with Crippen molar-refractivity contribution in [3.05, 3.63) is 17.7 Å². The number of imidazole rings is 1. The summed E-state index contributed by atoms with van der Waals surface area (Å²) in [5.41, 5.74) is 0. The average Bonchev–Trinajstić information content (AvgIpc) is 2.12. The lowest BCUT2D eigenvalue weighted by atomic mass is 10.3. The highest BCUT2D eigenvalue weighted by Crippen LogP contribution is 2.20. The molecular weight excluding hydrogens is 152 g/mol. The summed E-state index contributed by atoms with van der Waals surface area (Å²) >= 11 is 5.74. The number of rotatable bonds is 1. The predicted molar refractivity (Wildman–Crippen MR) is 37.1 cm³/mol. The van der Waals surface area contributed by atoms with Gasteiger partial charge in [-0.05, 0) is 11.6 Å². The molecule has 3 nitrogen and oxygen atoms in total. The minimum Gasteiger partial charge on any atom is -0.377 e. The molecule has 2 rings (SSSR count). The molecule has 0 radical (unpaired) electrons. The lowest BCUT2D eigenvalue weighted by Gasteiger charge is -2.27. The van der Waals surface area contributed by atoms with E-state index in [2.05, 4.69) is 4.98 Å². The van der Waals surface area contributed by atoms with E-state index in [-0.39, 0.29) is 0 Å². The van der Waals surface area contributed by atoms with Crippen LogP contribution in [0.2, 0.25) is 5.28 Å². The van der Waals surface area contributed by atoms with E-state index < -0.39 is 0 Å². The molecule has 0 saturated carbocycles. The van der Waals surface area contributed by atoms with Crippen LogP contribution in [0.15, 0.2) is 12.4 Å². The normalized spacial score (nSPS) is 18.9. The van der Waals surface area contributed by atoms with Crippen molar-refractivity contribution in [2.45, 2.75) is 6.04 Å². The standard InChI is InChI=1S/C6H7ClN2O/c7-6-8-1-2-9(6)5-3-10-4-5/h1-2,5H,3-4H2. The highest BCUT2D eigenvalue weighted by molar-refractivity contribution is 6.28. The van der Waals surface area contributed by atoms with Gasteiger partial charge in [-0.15, -0.1) is 0 Å². The Balaban J connectivity index is 2.23. The first-order valence-electron chi connectivity index (χ1n) is 3.14. The Hall–Kier alpha value is -0.540. The van der Waals surface area contributed by atoms with Crippen molar-refractivity contribution in [1.82, 2.24) is 9.55 Å². The molecule has 0 bridgehead atoms. The van der Waals surface area contributed by atoms with Crippen LogP contribution < -0.4 is 0 Å². The summed E-state index contributed by atoms with van der Waals surface area (Å²) < 4.78 is 6.93. The molecule has 1 aliphatic heterocycles. The molecule has 1 fully saturated rings. The van der Waals surface area contributed by atoms with Gasteiger partial charge in [0.2, 0.25) is 5.28 Å². The lowest BCUT2D eigenvalue weighted by molar-refractivity contribution is -0.0232. The fraction of sp³-hybridized carbons (Fsp3) is 0.500. The summed E-state index contributed by atoms with van der Waals surface area (Å²) in [5, 5.41) is 0.549. The van der Waals surface area contributed by atoms with Crippen LogP contribution >= 0.6 is 11.6 Å². The monoisotopic (exact) mass is 158 g/mol. The molecule has 2 heterocycles. The molecule has 0 atom stereocenters. The Morgan fingerprint density at radius 1 is 1.70 bits per heavy atom. The van der Waals surface area contributed by atoms with E-state index in [0.717, 1.165) is 13.2 Å². The lowest BCUT2D eigenvalue weighted by Crippen LogP contribution is -2.30. The molecule has 54 valence electrons. The summed E-state index contributed by atoms with van der Waals surface area (Å²) in [6.07, 6.45) is 3.57. The summed E-state index contributed by atoms with van der Waals surface area (Å²) in [5.74, 6) is 0. The molecule has 10 heavy (non-hydrogen) atoms. The summed E-state index contributed by atoms with van der Waals surface area (Å²) in [6, 6.07) is 0.412. The van der Waals surface area contributed by atoms with Crippen LogP contribution in [0.1, 0.15) is 6.04 Å². The number of nitrogens with zero attached hydrogens (tertiary/aromatic N) is 2. The highest BCUT2D eigenvalue weighted by atomic mass is 35.5. The molecule has 1 saturated heterocycles. The molecule has 0 N–H and O–H groups in total. The Bertz CT molecular complexity index is 231. The van der Waals surface area contributed by atoms with Crippen molar-refractivity contribution in [2.24, 2.45) is 0 Å². The van der Waals surface area contributed by atoms with E-state index in [1.807, 2.05) is 10.8 Å². The molecule has 0 amide bonds. The van der Waals surface area contributed by atoms with Crippen LogP contribution in [-0.4, -0.2) is 22.8 Å². The van der Waals surface area contributed by atoms with E-state index in [1.54, 1.807) is 6.20 Å². The molecule has 1 aliphatic rings. The Kier molecular flexibility index (Phi) is 1.39. The van der Waals surface area contributed by atoms with Gasteiger partial charge in [0.15, 0.2) is 0 Å². The smallest absolute Gasteiger partial charge is 0.203 e. The van der Waals surface area contributed by atoms with Crippen LogP contribution in [-0.2, 0) is 4.74 Å². The fourth-order valence-corrected chi connectivity index (χ4v) is 1.20. The van der Waals surface area contributed by atoms with Gasteiger partial charge in [0.05, 0.1) is 19.3 Å². The Labute approximate surface area is 63.6 Å². The second-order valence-electron chi connectivity index (χ2n) is 2.29. The van der Waals surface area contributed by atoms with Crippen LogP contribution in [0, 0.1) is 0 Å². The average molecular weight is 159 g/mol. The largest absolute Gasteiger partial charge is 0.377 e. The maximum absolute atomic E-state index is 5.74. The van der Waals surface area contributed by atoms with Gasteiger partial charge in [0.25, 0.3) is 0 Å². The second kappa shape index (κ2) is 2.25. The van der Waals surface area contributed by atoms with Crippen LogP contribution in [0.4, 0.5) is 0 Å². The predicted octanol–water partition coefficient (Wildman–Crippen LogP) is 1.11. The van der Waals surface area contributed by atoms with Gasteiger partial charge in [0, 0.05) is 12.4 Å². The van der Waals surface area contributed by atoms with Crippen LogP contribution in [0.25, 0.3) is 0 Å². The first-order chi connectivity index (χ1) is 4.88. The topological polar surface area (TPSA) is 27.1 Å². The van der Waals surface area contributed by atoms with E-state index in [0.29, 0.717) is 11.3 Å². The van der Waals surface area contributed by atoms with Gasteiger partial charge < -0.3 is 9.30 Å². The Morgan fingerprint density at radius 3 is 2.90 bits per heavy atom. The number of hydrogen-bond acceptors (Lipinski definition) is 2. The maximum atomic E-state index is 5.74. The first-order valence-corrected chi connectivity index (χ1v) is 3.52. The van der Waals surface area contributed by atoms with Gasteiger partial charge in [-0.3, -0.25) is 0 Å². The van der Waals surface area contributed by atoms with Crippen molar-refractivity contribution in [1.29, 1.82) is 0 Å². The zero-order valence-electron chi connectivity index (χ0n) is 5.33. The van der Waals surface area contributed by atoms with Crippen molar-refractivity contribution < 1.29 is 4.74 Å². The number of ether oxygens (including phenoxy) is 1.